The topological polar surface area (TPSA) is 28.2 Å². The number of rotatable bonds is 4. The lowest BCUT2D eigenvalue weighted by molar-refractivity contribution is 0.426. The molecule has 1 aromatic heterocycles. The standard InChI is InChI=1S/C14H25N3S/c1-5-11-7-6-8-17(11)13-15-9-12(18-13)10-16-14(2,3)4/h9,11,16H,5-8,10H2,1-4H3. The zero-order chi connectivity index (χ0) is 13.2. The third-order valence-electron chi connectivity index (χ3n) is 3.43. The van der Waals surface area contributed by atoms with Crippen molar-refractivity contribution in [1.29, 1.82) is 0 Å². The SMILES string of the molecule is CCC1CCCN1c1ncc(CNC(C)(C)C)s1. The van der Waals surface area contributed by atoms with Gasteiger partial charge in [-0.1, -0.05) is 6.92 Å². The first-order valence-corrected chi connectivity index (χ1v) is 7.77. The van der Waals surface area contributed by atoms with Gasteiger partial charge in [-0.05, 0) is 40.0 Å². The van der Waals surface area contributed by atoms with Crippen molar-refractivity contribution in [3.63, 3.8) is 0 Å². The van der Waals surface area contributed by atoms with Gasteiger partial charge in [0, 0.05) is 35.7 Å². The first-order chi connectivity index (χ1) is 8.49. The van der Waals surface area contributed by atoms with Crippen LogP contribution in [-0.4, -0.2) is 23.1 Å². The van der Waals surface area contributed by atoms with Crippen molar-refractivity contribution in [2.45, 2.75) is 65.1 Å². The first-order valence-electron chi connectivity index (χ1n) is 6.96. The Kier molecular flexibility index (Phi) is 4.28. The molecule has 2 rings (SSSR count). The predicted molar refractivity (Wildman–Crippen MR) is 79.4 cm³/mol. The monoisotopic (exact) mass is 267 g/mol. The van der Waals surface area contributed by atoms with E-state index in [2.05, 4.69) is 42.9 Å². The van der Waals surface area contributed by atoms with Crippen molar-refractivity contribution >= 4 is 16.5 Å². The van der Waals surface area contributed by atoms with E-state index in [9.17, 15) is 0 Å². The number of thiazole rings is 1. The first kappa shape index (κ1) is 13.8. The second kappa shape index (κ2) is 5.57. The van der Waals surface area contributed by atoms with Gasteiger partial charge < -0.3 is 10.2 Å². The molecule has 0 spiro atoms. The highest BCUT2D eigenvalue weighted by atomic mass is 32.1. The van der Waals surface area contributed by atoms with E-state index in [-0.39, 0.29) is 5.54 Å². The van der Waals surface area contributed by atoms with Crippen molar-refractivity contribution in [3.8, 4) is 0 Å². The summed E-state index contributed by atoms with van der Waals surface area (Å²) >= 11 is 1.84. The minimum atomic E-state index is 0.170. The maximum atomic E-state index is 4.60. The lowest BCUT2D eigenvalue weighted by Gasteiger charge is -2.22. The van der Waals surface area contributed by atoms with Crippen LogP contribution in [0.5, 0.6) is 0 Å². The van der Waals surface area contributed by atoms with Crippen LogP contribution in [0.2, 0.25) is 0 Å². The van der Waals surface area contributed by atoms with Crippen LogP contribution in [0.1, 0.15) is 51.8 Å². The Morgan fingerprint density at radius 1 is 1.50 bits per heavy atom. The van der Waals surface area contributed by atoms with E-state index in [0.717, 1.165) is 6.54 Å². The van der Waals surface area contributed by atoms with Gasteiger partial charge >= 0.3 is 0 Å². The molecule has 1 fully saturated rings. The number of nitrogens with one attached hydrogen (secondary N) is 1. The van der Waals surface area contributed by atoms with E-state index in [1.807, 2.05) is 17.5 Å². The number of hydrogen-bond donors (Lipinski definition) is 1. The summed E-state index contributed by atoms with van der Waals surface area (Å²) in [6.07, 6.45) is 5.90. The maximum Gasteiger partial charge on any atom is 0.185 e. The molecule has 2 heterocycles. The van der Waals surface area contributed by atoms with Gasteiger partial charge in [0.05, 0.1) is 0 Å². The van der Waals surface area contributed by atoms with Gasteiger partial charge in [-0.2, -0.15) is 0 Å². The highest BCUT2D eigenvalue weighted by Gasteiger charge is 2.25. The van der Waals surface area contributed by atoms with Gasteiger partial charge in [0.2, 0.25) is 0 Å². The molecule has 0 bridgehead atoms. The Bertz CT molecular complexity index is 381. The fourth-order valence-electron chi connectivity index (χ4n) is 2.38. The Labute approximate surface area is 115 Å². The van der Waals surface area contributed by atoms with Gasteiger partial charge in [0.25, 0.3) is 0 Å². The molecule has 0 radical (unpaired) electrons. The Balaban J connectivity index is 1.97. The van der Waals surface area contributed by atoms with Gasteiger partial charge in [0.1, 0.15) is 0 Å². The molecule has 1 aromatic rings. The summed E-state index contributed by atoms with van der Waals surface area (Å²) in [6.45, 7) is 11.0. The van der Waals surface area contributed by atoms with E-state index in [1.165, 1.54) is 35.8 Å². The number of hydrogen-bond acceptors (Lipinski definition) is 4. The second-order valence-electron chi connectivity index (χ2n) is 6.11. The quantitative estimate of drug-likeness (QED) is 0.906. The average molecular weight is 267 g/mol. The second-order valence-corrected chi connectivity index (χ2v) is 7.20. The van der Waals surface area contributed by atoms with Crippen LogP contribution >= 0.6 is 11.3 Å². The predicted octanol–water partition coefficient (Wildman–Crippen LogP) is 3.41. The minimum Gasteiger partial charge on any atom is -0.345 e. The summed E-state index contributed by atoms with van der Waals surface area (Å²) in [4.78, 5) is 8.43. The molecule has 4 heteroatoms. The largest absolute Gasteiger partial charge is 0.345 e. The number of nitrogens with zero attached hydrogens (tertiary/aromatic N) is 2. The molecule has 18 heavy (non-hydrogen) atoms. The van der Waals surface area contributed by atoms with Gasteiger partial charge in [-0.25, -0.2) is 4.98 Å². The summed E-state index contributed by atoms with van der Waals surface area (Å²) < 4.78 is 0. The van der Waals surface area contributed by atoms with Crippen molar-refractivity contribution in [3.05, 3.63) is 11.1 Å². The molecular formula is C14H25N3S. The summed E-state index contributed by atoms with van der Waals surface area (Å²) in [5.41, 5.74) is 0.170. The lowest BCUT2D eigenvalue weighted by Crippen LogP contribution is -2.34. The molecule has 102 valence electrons. The highest BCUT2D eigenvalue weighted by Crippen LogP contribution is 2.30. The van der Waals surface area contributed by atoms with Crippen LogP contribution in [0, 0.1) is 0 Å². The lowest BCUT2D eigenvalue weighted by atomic mass is 10.1. The normalized spacial score (nSPS) is 20.7. The fourth-order valence-corrected chi connectivity index (χ4v) is 3.32. The van der Waals surface area contributed by atoms with Gasteiger partial charge in [-0.15, -0.1) is 11.3 Å². The van der Waals surface area contributed by atoms with Crippen LogP contribution < -0.4 is 10.2 Å². The molecule has 3 nitrogen and oxygen atoms in total. The fraction of sp³-hybridized carbons (Fsp3) is 0.786. The van der Waals surface area contributed by atoms with Crippen molar-refractivity contribution in [2.24, 2.45) is 0 Å². The van der Waals surface area contributed by atoms with E-state index >= 15 is 0 Å². The molecule has 1 unspecified atom stereocenters. The molecule has 0 aliphatic carbocycles. The molecule has 1 atom stereocenters. The molecule has 1 aliphatic rings. The van der Waals surface area contributed by atoms with Crippen LogP contribution in [0.15, 0.2) is 6.20 Å². The minimum absolute atomic E-state index is 0.170. The Morgan fingerprint density at radius 2 is 2.28 bits per heavy atom. The van der Waals surface area contributed by atoms with Crippen molar-refractivity contribution in [1.82, 2.24) is 10.3 Å². The van der Waals surface area contributed by atoms with Gasteiger partial charge in [0.15, 0.2) is 5.13 Å². The van der Waals surface area contributed by atoms with E-state index in [0.29, 0.717) is 6.04 Å². The Hall–Kier alpha value is -0.610. The van der Waals surface area contributed by atoms with Gasteiger partial charge in [-0.3, -0.25) is 0 Å². The van der Waals surface area contributed by atoms with Crippen LogP contribution in [0.25, 0.3) is 0 Å². The molecule has 0 amide bonds. The van der Waals surface area contributed by atoms with Crippen LogP contribution in [0.4, 0.5) is 5.13 Å². The van der Waals surface area contributed by atoms with Crippen molar-refractivity contribution < 1.29 is 0 Å². The third kappa shape index (κ3) is 3.45. The Morgan fingerprint density at radius 3 is 2.94 bits per heavy atom. The zero-order valence-corrected chi connectivity index (χ0v) is 12.8. The number of anilines is 1. The van der Waals surface area contributed by atoms with Crippen LogP contribution in [0.3, 0.4) is 0 Å². The molecule has 0 saturated carbocycles. The highest BCUT2D eigenvalue weighted by molar-refractivity contribution is 7.15. The molecule has 1 aliphatic heterocycles. The van der Waals surface area contributed by atoms with Crippen molar-refractivity contribution in [2.75, 3.05) is 11.4 Å². The zero-order valence-electron chi connectivity index (χ0n) is 12.0. The third-order valence-corrected chi connectivity index (χ3v) is 4.46. The molecular weight excluding hydrogens is 242 g/mol. The molecule has 1 saturated heterocycles. The maximum absolute atomic E-state index is 4.60. The van der Waals surface area contributed by atoms with E-state index in [4.69, 9.17) is 0 Å². The summed E-state index contributed by atoms with van der Waals surface area (Å²) in [5, 5.41) is 4.73. The van der Waals surface area contributed by atoms with Crippen LogP contribution in [-0.2, 0) is 6.54 Å². The molecule has 0 aromatic carbocycles. The smallest absolute Gasteiger partial charge is 0.185 e. The average Bonchev–Trinajstić information content (AvgIpc) is 2.93. The van der Waals surface area contributed by atoms with E-state index in [1.54, 1.807) is 0 Å². The molecule has 1 N–H and O–H groups in total. The number of aromatic nitrogens is 1. The summed E-state index contributed by atoms with van der Waals surface area (Å²) in [6, 6.07) is 0.708. The summed E-state index contributed by atoms with van der Waals surface area (Å²) in [7, 11) is 0. The summed E-state index contributed by atoms with van der Waals surface area (Å²) in [5.74, 6) is 0. The van der Waals surface area contributed by atoms with E-state index < -0.39 is 0 Å².